The van der Waals surface area contributed by atoms with Gasteiger partial charge in [-0.1, -0.05) is 19.1 Å². The van der Waals surface area contributed by atoms with Gasteiger partial charge in [0, 0.05) is 11.1 Å². The Hall–Kier alpha value is -1.41. The fraction of sp³-hybridized carbons (Fsp3) is 0.400. The van der Waals surface area contributed by atoms with Crippen LogP contribution < -0.4 is 5.32 Å². The molecule has 1 aromatic heterocycles. The van der Waals surface area contributed by atoms with E-state index in [1.54, 1.807) is 0 Å². The second kappa shape index (κ2) is 5.78. The average molecular weight is 228 g/mol. The summed E-state index contributed by atoms with van der Waals surface area (Å²) in [4.78, 5) is 4.51. The minimum absolute atomic E-state index is 1.06. The van der Waals surface area contributed by atoms with Crippen molar-refractivity contribution in [2.75, 3.05) is 13.1 Å². The van der Waals surface area contributed by atoms with Gasteiger partial charge < -0.3 is 5.32 Å². The molecule has 2 heteroatoms. The van der Waals surface area contributed by atoms with Gasteiger partial charge in [0.25, 0.3) is 0 Å². The maximum Gasteiger partial charge on any atom is 0.0705 e. The molecule has 0 unspecified atom stereocenters. The molecular weight excluding hydrogens is 208 g/mol. The largest absolute Gasteiger partial charge is 0.317 e. The van der Waals surface area contributed by atoms with Gasteiger partial charge in [-0.05, 0) is 56.6 Å². The SMILES string of the molecule is CCNCCCc1ccc2nc(C)ccc2c1. The summed E-state index contributed by atoms with van der Waals surface area (Å²) in [7, 11) is 0. The van der Waals surface area contributed by atoms with E-state index in [1.807, 2.05) is 6.92 Å². The molecule has 2 nitrogen and oxygen atoms in total. The van der Waals surface area contributed by atoms with Gasteiger partial charge in [-0.15, -0.1) is 0 Å². The summed E-state index contributed by atoms with van der Waals surface area (Å²) in [6.45, 7) is 6.33. The first-order chi connectivity index (χ1) is 8.29. The molecule has 2 rings (SSSR count). The van der Waals surface area contributed by atoms with E-state index in [9.17, 15) is 0 Å². The van der Waals surface area contributed by atoms with E-state index in [0.29, 0.717) is 0 Å². The molecule has 0 atom stereocenters. The minimum Gasteiger partial charge on any atom is -0.317 e. The van der Waals surface area contributed by atoms with Crippen molar-refractivity contribution >= 4 is 10.9 Å². The van der Waals surface area contributed by atoms with Crippen LogP contribution in [-0.2, 0) is 6.42 Å². The monoisotopic (exact) mass is 228 g/mol. The summed E-state index contributed by atoms with van der Waals surface area (Å²) in [6.07, 6.45) is 2.33. The van der Waals surface area contributed by atoms with Crippen molar-refractivity contribution < 1.29 is 0 Å². The zero-order valence-electron chi connectivity index (χ0n) is 10.7. The minimum atomic E-state index is 1.06. The summed E-state index contributed by atoms with van der Waals surface area (Å²) in [5.74, 6) is 0. The van der Waals surface area contributed by atoms with Crippen molar-refractivity contribution in [2.24, 2.45) is 0 Å². The molecule has 0 amide bonds. The maximum atomic E-state index is 4.51. The highest BCUT2D eigenvalue weighted by atomic mass is 14.8. The molecule has 2 aromatic rings. The Morgan fingerprint density at radius 2 is 2.06 bits per heavy atom. The van der Waals surface area contributed by atoms with Gasteiger partial charge in [0.05, 0.1) is 5.52 Å². The number of hydrogen-bond donors (Lipinski definition) is 1. The Kier molecular flexibility index (Phi) is 4.10. The molecule has 0 spiro atoms. The van der Waals surface area contributed by atoms with E-state index in [0.717, 1.165) is 30.7 Å². The summed E-state index contributed by atoms with van der Waals surface area (Å²) >= 11 is 0. The van der Waals surface area contributed by atoms with E-state index >= 15 is 0 Å². The quantitative estimate of drug-likeness (QED) is 0.795. The predicted molar refractivity (Wildman–Crippen MR) is 73.3 cm³/mol. The summed E-state index contributed by atoms with van der Waals surface area (Å²) in [5.41, 5.74) is 3.58. The average Bonchev–Trinajstić information content (AvgIpc) is 2.35. The number of pyridine rings is 1. The van der Waals surface area contributed by atoms with E-state index in [4.69, 9.17) is 0 Å². The molecule has 0 aliphatic carbocycles. The molecule has 1 N–H and O–H groups in total. The van der Waals surface area contributed by atoms with Crippen LogP contribution in [0.1, 0.15) is 24.6 Å². The third-order valence-electron chi connectivity index (χ3n) is 2.96. The van der Waals surface area contributed by atoms with Crippen LogP contribution >= 0.6 is 0 Å². The second-order valence-electron chi connectivity index (χ2n) is 4.44. The van der Waals surface area contributed by atoms with Gasteiger partial charge in [-0.25, -0.2) is 0 Å². The smallest absolute Gasteiger partial charge is 0.0705 e. The van der Waals surface area contributed by atoms with Gasteiger partial charge in [0.2, 0.25) is 0 Å². The van der Waals surface area contributed by atoms with E-state index in [2.05, 4.69) is 47.6 Å². The van der Waals surface area contributed by atoms with Crippen LogP contribution in [0.2, 0.25) is 0 Å². The van der Waals surface area contributed by atoms with Crippen LogP contribution in [0.3, 0.4) is 0 Å². The van der Waals surface area contributed by atoms with Crippen molar-refractivity contribution in [2.45, 2.75) is 26.7 Å². The van der Waals surface area contributed by atoms with E-state index < -0.39 is 0 Å². The topological polar surface area (TPSA) is 24.9 Å². The van der Waals surface area contributed by atoms with Crippen molar-refractivity contribution in [3.63, 3.8) is 0 Å². The lowest BCUT2D eigenvalue weighted by Gasteiger charge is -2.04. The normalized spacial score (nSPS) is 10.9. The molecule has 0 saturated heterocycles. The lowest BCUT2D eigenvalue weighted by atomic mass is 10.1. The Morgan fingerprint density at radius 3 is 2.88 bits per heavy atom. The molecule has 0 saturated carbocycles. The molecule has 0 aliphatic rings. The lowest BCUT2D eigenvalue weighted by molar-refractivity contribution is 0.673. The fourth-order valence-electron chi connectivity index (χ4n) is 2.03. The zero-order valence-corrected chi connectivity index (χ0v) is 10.7. The third kappa shape index (κ3) is 3.27. The lowest BCUT2D eigenvalue weighted by Crippen LogP contribution is -2.14. The Balaban J connectivity index is 2.07. The summed E-state index contributed by atoms with van der Waals surface area (Å²) in [5, 5.41) is 4.60. The molecule has 0 fully saturated rings. The van der Waals surface area contributed by atoms with Crippen LogP contribution in [0.25, 0.3) is 10.9 Å². The number of hydrogen-bond acceptors (Lipinski definition) is 2. The fourth-order valence-corrected chi connectivity index (χ4v) is 2.03. The zero-order chi connectivity index (χ0) is 12.1. The maximum absolute atomic E-state index is 4.51. The summed E-state index contributed by atoms with van der Waals surface area (Å²) in [6, 6.07) is 10.8. The highest BCUT2D eigenvalue weighted by Crippen LogP contribution is 2.15. The Bertz CT molecular complexity index is 491. The summed E-state index contributed by atoms with van der Waals surface area (Å²) < 4.78 is 0. The first-order valence-electron chi connectivity index (χ1n) is 6.36. The molecule has 90 valence electrons. The van der Waals surface area contributed by atoms with Crippen LogP contribution in [0.5, 0.6) is 0 Å². The molecule has 0 bridgehead atoms. The highest BCUT2D eigenvalue weighted by Gasteiger charge is 1.98. The number of nitrogens with one attached hydrogen (secondary N) is 1. The second-order valence-corrected chi connectivity index (χ2v) is 4.44. The predicted octanol–water partition coefficient (Wildman–Crippen LogP) is 3.09. The van der Waals surface area contributed by atoms with Gasteiger partial charge in [0.15, 0.2) is 0 Å². The first kappa shape index (κ1) is 12.1. The van der Waals surface area contributed by atoms with Crippen molar-refractivity contribution in [1.82, 2.24) is 10.3 Å². The molecule has 0 aliphatic heterocycles. The first-order valence-corrected chi connectivity index (χ1v) is 6.36. The number of aryl methyl sites for hydroxylation is 2. The Morgan fingerprint density at radius 1 is 1.18 bits per heavy atom. The van der Waals surface area contributed by atoms with Crippen molar-refractivity contribution in [3.8, 4) is 0 Å². The molecular formula is C15H20N2. The van der Waals surface area contributed by atoms with Crippen LogP contribution in [-0.4, -0.2) is 18.1 Å². The molecule has 17 heavy (non-hydrogen) atoms. The van der Waals surface area contributed by atoms with Crippen LogP contribution in [0, 0.1) is 6.92 Å². The number of fused-ring (bicyclic) bond motifs is 1. The standard InChI is InChI=1S/C15H20N2/c1-3-16-10-4-5-13-7-9-15-14(11-13)8-6-12(2)17-15/h6-9,11,16H,3-5,10H2,1-2H3. The third-order valence-corrected chi connectivity index (χ3v) is 2.96. The van der Waals surface area contributed by atoms with Crippen molar-refractivity contribution in [3.05, 3.63) is 41.6 Å². The van der Waals surface area contributed by atoms with Crippen LogP contribution in [0.4, 0.5) is 0 Å². The molecule has 1 aromatic carbocycles. The van der Waals surface area contributed by atoms with Gasteiger partial charge >= 0.3 is 0 Å². The van der Waals surface area contributed by atoms with E-state index in [-0.39, 0.29) is 0 Å². The van der Waals surface area contributed by atoms with E-state index in [1.165, 1.54) is 17.4 Å². The number of nitrogens with zero attached hydrogens (tertiary/aromatic N) is 1. The molecule has 1 heterocycles. The number of rotatable bonds is 5. The van der Waals surface area contributed by atoms with Crippen molar-refractivity contribution in [1.29, 1.82) is 0 Å². The molecule has 0 radical (unpaired) electrons. The van der Waals surface area contributed by atoms with Gasteiger partial charge in [-0.2, -0.15) is 0 Å². The van der Waals surface area contributed by atoms with Gasteiger partial charge in [0.1, 0.15) is 0 Å². The Labute approximate surface area is 103 Å². The highest BCUT2D eigenvalue weighted by molar-refractivity contribution is 5.79. The van der Waals surface area contributed by atoms with Crippen LogP contribution in [0.15, 0.2) is 30.3 Å². The number of aromatic nitrogens is 1. The van der Waals surface area contributed by atoms with Gasteiger partial charge in [-0.3, -0.25) is 4.98 Å². The number of benzene rings is 1.